The maximum Gasteiger partial charge on any atom is 0.394 e. The molecule has 0 aromatic heterocycles. The second-order valence-electron chi connectivity index (χ2n) is 1.42. The van der Waals surface area contributed by atoms with Crippen LogP contribution in [0.15, 0.2) is 0 Å². The predicted molar refractivity (Wildman–Crippen MR) is 43.6 cm³/mol. The van der Waals surface area contributed by atoms with E-state index in [1.54, 1.807) is 0 Å². The maximum absolute atomic E-state index is 9.00. The molecule has 0 unspecified atom stereocenters. The van der Waals surface area contributed by atoms with Gasteiger partial charge in [-0.25, -0.2) is 0 Å². The van der Waals surface area contributed by atoms with Crippen LogP contribution < -0.4 is 11.5 Å². The van der Waals surface area contributed by atoms with E-state index in [2.05, 4.69) is 11.5 Å². The lowest BCUT2D eigenvalue weighted by molar-refractivity contribution is -0.134. The average Bonchev–Trinajstić information content (AvgIpc) is 1.50. The Morgan fingerprint density at radius 1 is 1.31 bits per heavy atom. The van der Waals surface area contributed by atoms with Gasteiger partial charge in [-0.15, -0.1) is 0 Å². The van der Waals surface area contributed by atoms with Gasteiger partial charge in [-0.3, -0.25) is 19.3 Å². The molecule has 0 fully saturated rings. The Bertz CT molecular complexity index is 218. The average molecular weight is 217 g/mol. The van der Waals surface area contributed by atoms with Crippen molar-refractivity contribution in [1.82, 2.24) is 0 Å². The highest BCUT2D eigenvalue weighted by Gasteiger charge is 1.84. The van der Waals surface area contributed by atoms with Crippen LogP contribution in [0.2, 0.25) is 0 Å². The highest BCUT2D eigenvalue weighted by atomic mass is 32.3. The first-order chi connectivity index (χ1) is 5.46. The molecule has 80 valence electrons. The van der Waals surface area contributed by atoms with Gasteiger partial charge in [0.2, 0.25) is 0 Å². The number of rotatable bonds is 0. The smallest absolute Gasteiger partial charge is 0.394 e. The van der Waals surface area contributed by atoms with Crippen LogP contribution >= 0.6 is 0 Å². The molecular weight excluding hydrogens is 206 g/mol. The molecule has 0 amide bonds. The number of hydrogen-bond donors (Lipinski definition) is 6. The van der Waals surface area contributed by atoms with Gasteiger partial charge in [0.15, 0.2) is 5.96 Å². The molecule has 0 atom stereocenters. The second kappa shape index (κ2) is 8.70. The van der Waals surface area contributed by atoms with Gasteiger partial charge in [0.1, 0.15) is 0 Å². The Kier molecular flexibility index (Phi) is 11.8. The lowest BCUT2D eigenvalue weighted by atomic mass is 10.9. The summed E-state index contributed by atoms with van der Waals surface area (Å²) in [6.07, 6.45) is 0. The summed E-state index contributed by atoms with van der Waals surface area (Å²) in [4.78, 5) is 9.00. The van der Waals surface area contributed by atoms with Crippen LogP contribution in [0.4, 0.5) is 0 Å². The van der Waals surface area contributed by atoms with E-state index in [4.69, 9.17) is 32.8 Å². The summed E-state index contributed by atoms with van der Waals surface area (Å²) in [6, 6.07) is 0. The Morgan fingerprint density at radius 2 is 1.31 bits per heavy atom. The summed E-state index contributed by atoms with van der Waals surface area (Å²) >= 11 is 0. The van der Waals surface area contributed by atoms with Crippen molar-refractivity contribution < 1.29 is 27.4 Å². The molecule has 0 rings (SSSR count). The predicted octanol–water partition coefficient (Wildman–Crippen LogP) is -1.72. The highest BCUT2D eigenvalue weighted by Crippen LogP contribution is 1.59. The first kappa shape index (κ1) is 17.6. The fraction of sp³-hybridized carbons (Fsp3) is 0.333. The van der Waals surface area contributed by atoms with Crippen molar-refractivity contribution in [2.24, 2.45) is 11.5 Å². The minimum atomic E-state index is -4.67. The quantitative estimate of drug-likeness (QED) is 0.157. The SMILES string of the molecule is CC(=O)O.N=C(N)N.O=S(=O)(O)O. The number of nitrogens with one attached hydrogen (secondary N) is 1. The zero-order valence-electron chi connectivity index (χ0n) is 6.63. The summed E-state index contributed by atoms with van der Waals surface area (Å²) in [7, 11) is -4.67. The molecular formula is C3H11N3O6S. The van der Waals surface area contributed by atoms with E-state index in [9.17, 15) is 0 Å². The third-order valence-electron chi connectivity index (χ3n) is 0. The lowest BCUT2D eigenvalue weighted by Gasteiger charge is -1.69. The zero-order valence-corrected chi connectivity index (χ0v) is 7.45. The van der Waals surface area contributed by atoms with E-state index in [1.807, 2.05) is 0 Å². The molecule has 0 aromatic carbocycles. The molecule has 0 aliphatic carbocycles. The van der Waals surface area contributed by atoms with E-state index < -0.39 is 16.4 Å². The van der Waals surface area contributed by atoms with Gasteiger partial charge in [-0.1, -0.05) is 0 Å². The standard InChI is InChI=1S/C2H4O2.CH5N3.H2O4S/c1-2(3)4;2-1(3)4;1-5(2,3)4/h1H3,(H,3,4);(H5,2,3,4);(H2,1,2,3,4). The number of carboxylic acid groups (broad SMARTS) is 1. The van der Waals surface area contributed by atoms with Crippen LogP contribution in [0.25, 0.3) is 0 Å². The molecule has 0 saturated carbocycles. The van der Waals surface area contributed by atoms with Crippen LogP contribution in [-0.4, -0.2) is 34.6 Å². The van der Waals surface area contributed by atoms with Crippen molar-refractivity contribution in [2.45, 2.75) is 6.92 Å². The van der Waals surface area contributed by atoms with Crippen LogP contribution in [0, 0.1) is 5.41 Å². The summed E-state index contributed by atoms with van der Waals surface area (Å²) in [5.74, 6) is -1.17. The monoisotopic (exact) mass is 217 g/mol. The van der Waals surface area contributed by atoms with Gasteiger partial charge in [0, 0.05) is 6.92 Å². The lowest BCUT2D eigenvalue weighted by Crippen LogP contribution is -2.20. The van der Waals surface area contributed by atoms with E-state index in [0.717, 1.165) is 6.92 Å². The zero-order chi connectivity index (χ0) is 11.7. The van der Waals surface area contributed by atoms with E-state index in [-0.39, 0.29) is 5.96 Å². The highest BCUT2D eigenvalue weighted by molar-refractivity contribution is 7.79. The maximum atomic E-state index is 9.00. The van der Waals surface area contributed by atoms with Crippen molar-refractivity contribution in [3.8, 4) is 0 Å². The van der Waals surface area contributed by atoms with Gasteiger partial charge >= 0.3 is 10.4 Å². The summed E-state index contributed by atoms with van der Waals surface area (Å²) in [6.45, 7) is 1.08. The molecule has 13 heavy (non-hydrogen) atoms. The third kappa shape index (κ3) is 407. The van der Waals surface area contributed by atoms with Crippen LogP contribution in [-0.2, 0) is 15.2 Å². The number of aliphatic carboxylic acids is 1. The normalized spacial score (nSPS) is 8.23. The number of carbonyl (C=O) groups is 1. The van der Waals surface area contributed by atoms with E-state index in [0.29, 0.717) is 0 Å². The Labute approximate surface area is 74.4 Å². The number of hydrogen-bond acceptors (Lipinski definition) is 4. The minimum Gasteiger partial charge on any atom is -0.481 e. The number of nitrogens with two attached hydrogens (primary N) is 2. The van der Waals surface area contributed by atoms with Gasteiger partial charge in [0.25, 0.3) is 5.97 Å². The molecule has 0 saturated heterocycles. The van der Waals surface area contributed by atoms with E-state index >= 15 is 0 Å². The van der Waals surface area contributed by atoms with Crippen LogP contribution in [0.3, 0.4) is 0 Å². The van der Waals surface area contributed by atoms with Crippen LogP contribution in [0.5, 0.6) is 0 Å². The molecule has 0 bridgehead atoms. The first-order valence-electron chi connectivity index (χ1n) is 2.45. The molecule has 0 aliphatic heterocycles. The summed E-state index contributed by atoms with van der Waals surface area (Å²) < 4.78 is 31.6. The molecule has 0 radical (unpaired) electrons. The fourth-order valence-electron chi connectivity index (χ4n) is 0. The molecule has 8 N–H and O–H groups in total. The molecule has 0 aromatic rings. The first-order valence-corrected chi connectivity index (χ1v) is 3.85. The van der Waals surface area contributed by atoms with Crippen molar-refractivity contribution >= 4 is 22.3 Å². The molecule has 0 heterocycles. The van der Waals surface area contributed by atoms with Crippen molar-refractivity contribution in [1.29, 1.82) is 5.41 Å². The topological polar surface area (TPSA) is 188 Å². The number of guanidine groups is 1. The van der Waals surface area contributed by atoms with Gasteiger partial charge in [-0.2, -0.15) is 8.42 Å². The summed E-state index contributed by atoms with van der Waals surface area (Å²) in [5, 5.41) is 13.5. The summed E-state index contributed by atoms with van der Waals surface area (Å²) in [5.41, 5.74) is 8.94. The molecule has 0 aliphatic rings. The van der Waals surface area contributed by atoms with Gasteiger partial charge < -0.3 is 16.6 Å². The van der Waals surface area contributed by atoms with Crippen molar-refractivity contribution in [3.05, 3.63) is 0 Å². The Balaban J connectivity index is -0.000000117. The fourth-order valence-corrected chi connectivity index (χ4v) is 0. The molecule has 10 heteroatoms. The Morgan fingerprint density at radius 3 is 1.31 bits per heavy atom. The van der Waals surface area contributed by atoms with Crippen molar-refractivity contribution in [2.75, 3.05) is 0 Å². The minimum absolute atomic E-state index is 0.333. The van der Waals surface area contributed by atoms with E-state index in [1.165, 1.54) is 0 Å². The second-order valence-corrected chi connectivity index (χ2v) is 2.32. The van der Waals surface area contributed by atoms with Crippen LogP contribution in [0.1, 0.15) is 6.92 Å². The third-order valence-corrected chi connectivity index (χ3v) is 0. The van der Waals surface area contributed by atoms with Crippen molar-refractivity contribution in [3.63, 3.8) is 0 Å². The molecule has 0 spiro atoms. The largest absolute Gasteiger partial charge is 0.481 e. The van der Waals surface area contributed by atoms with Gasteiger partial charge in [-0.05, 0) is 0 Å². The number of carboxylic acids is 1. The van der Waals surface area contributed by atoms with Gasteiger partial charge in [0.05, 0.1) is 0 Å². The molecule has 9 nitrogen and oxygen atoms in total. The Hall–Kier alpha value is -1.39.